The van der Waals surface area contributed by atoms with E-state index >= 15 is 0 Å². The molecule has 0 atom stereocenters. The van der Waals surface area contributed by atoms with Gasteiger partial charge in [0.25, 0.3) is 0 Å². The zero-order chi connectivity index (χ0) is 16.5. The Labute approximate surface area is 155 Å². The summed E-state index contributed by atoms with van der Waals surface area (Å²) >= 11 is 0. The molecular weight excluding hydrogens is 412 g/mol. The number of hydrogen-bond donors (Lipinski definition) is 0. The van der Waals surface area contributed by atoms with Crippen LogP contribution in [-0.4, -0.2) is 0 Å². The summed E-state index contributed by atoms with van der Waals surface area (Å²) in [5.41, 5.74) is 0. The van der Waals surface area contributed by atoms with Crippen molar-refractivity contribution in [1.82, 2.24) is 0 Å². The Balaban J connectivity index is 0.000000433. The van der Waals surface area contributed by atoms with E-state index in [0.29, 0.717) is 0 Å². The molecule has 0 radical (unpaired) electrons. The van der Waals surface area contributed by atoms with Gasteiger partial charge in [-0.1, -0.05) is 91.0 Å². The number of halogens is 3. The van der Waals surface area contributed by atoms with Gasteiger partial charge in [0.1, 0.15) is 0 Å². The molecule has 5 heteroatoms. The predicted molar refractivity (Wildman–Crippen MR) is 103 cm³/mol. The maximum absolute atomic E-state index is 4.87. The van der Waals surface area contributed by atoms with E-state index in [1.807, 2.05) is 0 Å². The van der Waals surface area contributed by atoms with Gasteiger partial charge in [-0.15, -0.1) is 0 Å². The monoisotopic (exact) mass is 426 g/mol. The summed E-state index contributed by atoms with van der Waals surface area (Å²) in [5.74, 6) is 0. The molecule has 0 aliphatic heterocycles. The molecule has 0 aromatic heterocycles. The summed E-state index contributed by atoms with van der Waals surface area (Å²) in [5, 5.41) is 4.19. The van der Waals surface area contributed by atoms with E-state index in [1.54, 1.807) is 0 Å². The van der Waals surface area contributed by atoms with Gasteiger partial charge in [0.05, 0.1) is 0 Å². The molecule has 0 saturated heterocycles. The third-order valence-corrected chi connectivity index (χ3v) is 5.49. The quantitative estimate of drug-likeness (QED) is 0.484. The van der Waals surface area contributed by atoms with Crippen LogP contribution in [0.5, 0.6) is 0 Å². The molecule has 0 saturated carbocycles. The standard InChI is InChI=1S/C18H15P.3ClH.Co/c1-4-10-16(11-5-1)19(17-12-6-2-7-13-17)18-14-8-3-9-15-18;;;;/h1-15H;3*1H;/q;;;;+3/p-3. The van der Waals surface area contributed by atoms with Crippen molar-refractivity contribution in [3.05, 3.63) is 91.0 Å². The minimum absolute atomic E-state index is 0.446. The van der Waals surface area contributed by atoms with Crippen molar-refractivity contribution in [3.63, 3.8) is 0 Å². The molecule has 0 fully saturated rings. The van der Waals surface area contributed by atoms with Gasteiger partial charge >= 0.3 is 41.4 Å². The van der Waals surface area contributed by atoms with Gasteiger partial charge in [0.15, 0.2) is 0 Å². The zero-order valence-corrected chi connectivity index (χ0v) is 16.3. The van der Waals surface area contributed by atoms with Crippen molar-refractivity contribution in [2.45, 2.75) is 0 Å². The van der Waals surface area contributed by atoms with Crippen LogP contribution in [0, 0.1) is 0 Å². The van der Waals surface area contributed by atoms with Crippen molar-refractivity contribution < 1.29 is 10.9 Å². The van der Waals surface area contributed by atoms with E-state index in [1.165, 1.54) is 15.9 Å². The topological polar surface area (TPSA) is 0 Å². The fourth-order valence-electron chi connectivity index (χ4n) is 2.18. The van der Waals surface area contributed by atoms with Crippen LogP contribution in [0.3, 0.4) is 0 Å². The van der Waals surface area contributed by atoms with Crippen molar-refractivity contribution in [2.75, 3.05) is 0 Å². The molecule has 0 amide bonds. The molecule has 0 aliphatic rings. The van der Waals surface area contributed by atoms with E-state index in [-0.39, 0.29) is 0 Å². The van der Waals surface area contributed by atoms with Crippen LogP contribution >= 0.6 is 38.4 Å². The molecular formula is C18H15Cl3CoP. The summed E-state index contributed by atoms with van der Waals surface area (Å²) < 4.78 is 0. The van der Waals surface area contributed by atoms with Crippen LogP contribution in [0.25, 0.3) is 0 Å². The van der Waals surface area contributed by atoms with Gasteiger partial charge in [-0.25, -0.2) is 0 Å². The van der Waals surface area contributed by atoms with Gasteiger partial charge in [-0.3, -0.25) is 0 Å². The minimum Gasteiger partial charge on any atom is -0.0622 e. The summed E-state index contributed by atoms with van der Waals surface area (Å²) in [6, 6.07) is 32.3. The molecule has 0 nitrogen and oxygen atoms in total. The van der Waals surface area contributed by atoms with E-state index in [2.05, 4.69) is 91.0 Å². The average Bonchev–Trinajstić information content (AvgIpc) is 2.58. The molecule has 0 aliphatic carbocycles. The van der Waals surface area contributed by atoms with Crippen LogP contribution in [0.2, 0.25) is 0 Å². The molecule has 0 unspecified atom stereocenters. The van der Waals surface area contributed by atoms with E-state index < -0.39 is 18.9 Å². The molecule has 3 rings (SSSR count). The van der Waals surface area contributed by atoms with Gasteiger partial charge in [0, 0.05) is 0 Å². The first-order valence-corrected chi connectivity index (χ1v) is 12.4. The van der Waals surface area contributed by atoms with Gasteiger partial charge < -0.3 is 0 Å². The summed E-state index contributed by atoms with van der Waals surface area (Å²) in [4.78, 5) is 0. The molecule has 3 aromatic rings. The van der Waals surface area contributed by atoms with Crippen molar-refractivity contribution in [3.8, 4) is 0 Å². The minimum atomic E-state index is -1.19. The van der Waals surface area contributed by atoms with Crippen molar-refractivity contribution in [1.29, 1.82) is 0 Å². The zero-order valence-electron chi connectivity index (χ0n) is 12.1. The molecule has 0 heterocycles. The first-order chi connectivity index (χ1) is 11.2. The van der Waals surface area contributed by atoms with Gasteiger partial charge in [-0.05, 0) is 23.8 Å². The molecule has 122 valence electrons. The smallest absolute Gasteiger partial charge is 0.0134 e. The fourth-order valence-corrected chi connectivity index (χ4v) is 4.48. The Morgan fingerprint density at radius 1 is 0.478 bits per heavy atom. The number of rotatable bonds is 3. The maximum atomic E-state index is 4.87. The second-order valence-electron chi connectivity index (χ2n) is 4.48. The largest absolute Gasteiger partial charge is 0.0622 e. The van der Waals surface area contributed by atoms with E-state index in [4.69, 9.17) is 30.4 Å². The summed E-state index contributed by atoms with van der Waals surface area (Å²) in [7, 11) is 13.0. The summed E-state index contributed by atoms with van der Waals surface area (Å²) in [6.45, 7) is 0. The van der Waals surface area contributed by atoms with Crippen molar-refractivity contribution >= 4 is 54.3 Å². The Morgan fingerprint density at radius 3 is 0.913 bits per heavy atom. The van der Waals surface area contributed by atoms with Crippen LogP contribution in [0.1, 0.15) is 0 Å². The molecule has 23 heavy (non-hydrogen) atoms. The second kappa shape index (κ2) is 10.4. The van der Waals surface area contributed by atoms with E-state index in [0.717, 1.165) is 0 Å². The normalized spacial score (nSPS) is 10.7. The van der Waals surface area contributed by atoms with E-state index in [9.17, 15) is 0 Å². The van der Waals surface area contributed by atoms with Crippen LogP contribution in [0.15, 0.2) is 91.0 Å². The molecule has 0 N–H and O–H groups in total. The Morgan fingerprint density at radius 2 is 0.696 bits per heavy atom. The molecule has 0 bridgehead atoms. The third kappa shape index (κ3) is 6.47. The number of hydrogen-bond acceptors (Lipinski definition) is 0. The first-order valence-electron chi connectivity index (χ1n) is 6.78. The van der Waals surface area contributed by atoms with Crippen LogP contribution in [0.4, 0.5) is 0 Å². The Bertz CT molecular complexity index is 582. The van der Waals surface area contributed by atoms with Crippen molar-refractivity contribution in [2.24, 2.45) is 0 Å². The molecule has 0 spiro atoms. The van der Waals surface area contributed by atoms with Gasteiger partial charge in [0.2, 0.25) is 0 Å². The van der Waals surface area contributed by atoms with Gasteiger partial charge in [-0.2, -0.15) is 0 Å². The van der Waals surface area contributed by atoms with Crippen LogP contribution in [-0.2, 0) is 10.9 Å². The maximum Gasteiger partial charge on any atom is -0.0134 e. The molecule has 3 aromatic carbocycles. The SMILES string of the molecule is [Cl][Co]([Cl])[Cl].c1ccc(P(c2ccccc2)c2ccccc2)cc1. The Hall–Kier alpha value is -0.534. The second-order valence-corrected chi connectivity index (χ2v) is 11.9. The first kappa shape index (κ1) is 18.8. The fraction of sp³-hybridized carbons (Fsp3) is 0. The third-order valence-electron chi connectivity index (χ3n) is 3.04. The Kier molecular flexibility index (Phi) is 8.46. The van der Waals surface area contributed by atoms with Crippen LogP contribution < -0.4 is 15.9 Å². The average molecular weight is 428 g/mol. The number of benzene rings is 3. The predicted octanol–water partition coefficient (Wildman–Crippen LogP) is 5.51. The summed E-state index contributed by atoms with van der Waals surface area (Å²) in [6.07, 6.45) is 0.